The molecule has 0 aromatic heterocycles. The number of aliphatic carboxylic acids is 1. The Morgan fingerprint density at radius 2 is 2.12 bits per heavy atom. The minimum atomic E-state index is -1.55. The summed E-state index contributed by atoms with van der Waals surface area (Å²) in [6.07, 6.45) is -1.55. The van der Waals surface area contributed by atoms with Crippen LogP contribution in [0.25, 0.3) is 0 Å². The van der Waals surface area contributed by atoms with Crippen molar-refractivity contribution in [1.29, 1.82) is 0 Å². The zero-order valence-electron chi connectivity index (χ0n) is 10.1. The highest BCUT2D eigenvalue weighted by Gasteiger charge is 2.26. The molecule has 2 amide bonds. The van der Waals surface area contributed by atoms with Gasteiger partial charge in [0, 0.05) is 25.7 Å². The summed E-state index contributed by atoms with van der Waals surface area (Å²) in [6.45, 7) is 3.84. The number of hydrogen-bond acceptors (Lipinski definition) is 4. The van der Waals surface area contributed by atoms with E-state index in [2.05, 4.69) is 10.2 Å². The molecule has 0 aliphatic carbocycles. The average molecular weight is 245 g/mol. The van der Waals surface area contributed by atoms with Crippen LogP contribution in [0.2, 0.25) is 0 Å². The molecule has 1 saturated heterocycles. The van der Waals surface area contributed by atoms with E-state index in [4.69, 9.17) is 10.2 Å². The van der Waals surface area contributed by atoms with E-state index >= 15 is 0 Å². The zero-order valence-corrected chi connectivity index (χ0v) is 10.1. The van der Waals surface area contributed by atoms with Gasteiger partial charge in [-0.05, 0) is 14.0 Å². The first-order valence-corrected chi connectivity index (χ1v) is 5.55. The molecule has 98 valence electrons. The van der Waals surface area contributed by atoms with Crippen molar-refractivity contribution in [2.24, 2.45) is 0 Å². The van der Waals surface area contributed by atoms with Gasteiger partial charge in [0.15, 0.2) is 6.10 Å². The number of aliphatic hydroxyl groups is 1. The number of amides is 2. The van der Waals surface area contributed by atoms with E-state index in [9.17, 15) is 9.59 Å². The number of piperazine rings is 1. The molecule has 3 N–H and O–H groups in total. The Morgan fingerprint density at radius 1 is 1.47 bits per heavy atom. The van der Waals surface area contributed by atoms with E-state index < -0.39 is 12.1 Å². The summed E-state index contributed by atoms with van der Waals surface area (Å²) in [5.74, 6) is -1.34. The van der Waals surface area contributed by atoms with Gasteiger partial charge in [0.25, 0.3) is 0 Å². The first-order chi connectivity index (χ1) is 7.91. The predicted octanol–water partition coefficient (Wildman–Crippen LogP) is -1.22. The summed E-state index contributed by atoms with van der Waals surface area (Å²) in [6, 6.07) is -0.248. The third kappa shape index (κ3) is 3.86. The monoisotopic (exact) mass is 245 g/mol. The molecule has 1 fully saturated rings. The maximum atomic E-state index is 11.7. The van der Waals surface area contributed by atoms with Crippen molar-refractivity contribution in [3.63, 3.8) is 0 Å². The fourth-order valence-corrected chi connectivity index (χ4v) is 1.81. The summed E-state index contributed by atoms with van der Waals surface area (Å²) in [7, 11) is 1.99. The van der Waals surface area contributed by atoms with Gasteiger partial charge in [-0.15, -0.1) is 0 Å². The summed E-state index contributed by atoms with van der Waals surface area (Å²) in [5.41, 5.74) is 0. The van der Waals surface area contributed by atoms with Crippen LogP contribution in [-0.4, -0.2) is 77.4 Å². The van der Waals surface area contributed by atoms with E-state index in [-0.39, 0.29) is 18.6 Å². The van der Waals surface area contributed by atoms with Crippen molar-refractivity contribution in [1.82, 2.24) is 15.1 Å². The number of likely N-dealkylation sites (N-methyl/N-ethyl adjacent to an activating group) is 1. The molecule has 0 radical (unpaired) electrons. The number of urea groups is 1. The van der Waals surface area contributed by atoms with Crippen molar-refractivity contribution >= 4 is 12.0 Å². The fourth-order valence-electron chi connectivity index (χ4n) is 1.81. The second-order valence-corrected chi connectivity index (χ2v) is 4.34. The van der Waals surface area contributed by atoms with Crippen LogP contribution >= 0.6 is 0 Å². The van der Waals surface area contributed by atoms with Crippen molar-refractivity contribution in [3.05, 3.63) is 0 Å². The first-order valence-electron chi connectivity index (χ1n) is 5.55. The number of carboxylic acids is 1. The van der Waals surface area contributed by atoms with E-state index in [1.54, 1.807) is 4.90 Å². The maximum absolute atomic E-state index is 11.7. The number of nitrogens with zero attached hydrogens (tertiary/aromatic N) is 2. The lowest BCUT2D eigenvalue weighted by Crippen LogP contribution is -2.56. The molecule has 0 saturated carbocycles. The largest absolute Gasteiger partial charge is 0.479 e. The van der Waals surface area contributed by atoms with Gasteiger partial charge in [0.1, 0.15) is 0 Å². The van der Waals surface area contributed by atoms with Gasteiger partial charge in [-0.25, -0.2) is 9.59 Å². The van der Waals surface area contributed by atoms with Crippen LogP contribution in [0.3, 0.4) is 0 Å². The third-order valence-corrected chi connectivity index (χ3v) is 2.82. The molecular formula is C10H19N3O4. The molecule has 0 aromatic carbocycles. The first kappa shape index (κ1) is 13.7. The normalized spacial score (nSPS) is 23.2. The molecule has 0 aromatic rings. The van der Waals surface area contributed by atoms with Crippen LogP contribution < -0.4 is 5.32 Å². The third-order valence-electron chi connectivity index (χ3n) is 2.82. The van der Waals surface area contributed by atoms with E-state index in [0.29, 0.717) is 6.54 Å². The summed E-state index contributed by atoms with van der Waals surface area (Å²) in [4.78, 5) is 25.9. The molecular weight excluding hydrogens is 226 g/mol. The number of carboxylic acid groups (broad SMARTS) is 1. The lowest BCUT2D eigenvalue weighted by atomic mass is 10.2. The van der Waals surface area contributed by atoms with Gasteiger partial charge in [0.05, 0.1) is 6.54 Å². The molecule has 1 heterocycles. The van der Waals surface area contributed by atoms with Crippen LogP contribution in [0.5, 0.6) is 0 Å². The Bertz CT molecular complexity index is 297. The summed E-state index contributed by atoms with van der Waals surface area (Å²) >= 11 is 0. The highest BCUT2D eigenvalue weighted by Crippen LogP contribution is 2.07. The molecule has 1 aliphatic heterocycles. The number of carbonyl (C=O) groups is 2. The Kier molecular flexibility index (Phi) is 4.71. The van der Waals surface area contributed by atoms with Crippen LogP contribution in [0.1, 0.15) is 6.92 Å². The number of rotatable bonds is 3. The maximum Gasteiger partial charge on any atom is 0.334 e. The average Bonchev–Trinajstić information content (AvgIpc) is 2.25. The molecule has 2 unspecified atom stereocenters. The number of carbonyl (C=O) groups excluding carboxylic acids is 1. The molecule has 7 nitrogen and oxygen atoms in total. The quantitative estimate of drug-likeness (QED) is 0.579. The van der Waals surface area contributed by atoms with Gasteiger partial charge in [0.2, 0.25) is 0 Å². The van der Waals surface area contributed by atoms with Gasteiger partial charge >= 0.3 is 12.0 Å². The zero-order chi connectivity index (χ0) is 13.0. The molecule has 1 aliphatic rings. The van der Waals surface area contributed by atoms with Crippen LogP contribution in [-0.2, 0) is 4.79 Å². The molecule has 7 heteroatoms. The number of aliphatic hydroxyl groups excluding tert-OH is 1. The van der Waals surface area contributed by atoms with Crippen LogP contribution in [0, 0.1) is 0 Å². The summed E-state index contributed by atoms with van der Waals surface area (Å²) < 4.78 is 0. The number of hydrogen-bond donors (Lipinski definition) is 3. The SMILES string of the molecule is CC1CN(C)CCN1C(=O)NCC(O)C(=O)O. The van der Waals surface area contributed by atoms with Gasteiger partial charge in [-0.3, -0.25) is 0 Å². The Hall–Kier alpha value is -1.34. The van der Waals surface area contributed by atoms with Crippen molar-refractivity contribution < 1.29 is 19.8 Å². The Balaban J connectivity index is 2.40. The highest BCUT2D eigenvalue weighted by molar-refractivity contribution is 5.77. The predicted molar refractivity (Wildman–Crippen MR) is 60.7 cm³/mol. The van der Waals surface area contributed by atoms with Crippen LogP contribution in [0.15, 0.2) is 0 Å². The van der Waals surface area contributed by atoms with E-state index in [0.717, 1.165) is 13.1 Å². The summed E-state index contributed by atoms with van der Waals surface area (Å²) in [5, 5.41) is 19.9. The molecule has 1 rings (SSSR count). The Morgan fingerprint density at radius 3 is 2.65 bits per heavy atom. The fraction of sp³-hybridized carbons (Fsp3) is 0.800. The van der Waals surface area contributed by atoms with Gasteiger partial charge in [-0.1, -0.05) is 0 Å². The Labute approximate surface area is 100.0 Å². The van der Waals surface area contributed by atoms with Crippen LogP contribution in [0.4, 0.5) is 4.79 Å². The second-order valence-electron chi connectivity index (χ2n) is 4.34. The highest BCUT2D eigenvalue weighted by atomic mass is 16.4. The van der Waals surface area contributed by atoms with Gasteiger partial charge in [-0.2, -0.15) is 0 Å². The lowest BCUT2D eigenvalue weighted by molar-refractivity contribution is -0.146. The van der Waals surface area contributed by atoms with E-state index in [1.807, 2.05) is 14.0 Å². The van der Waals surface area contributed by atoms with E-state index in [1.165, 1.54) is 0 Å². The minimum absolute atomic E-state index is 0.0794. The molecule has 0 bridgehead atoms. The minimum Gasteiger partial charge on any atom is -0.479 e. The molecule has 17 heavy (non-hydrogen) atoms. The second kappa shape index (κ2) is 5.83. The van der Waals surface area contributed by atoms with Gasteiger partial charge < -0.3 is 25.3 Å². The molecule has 0 spiro atoms. The number of nitrogens with one attached hydrogen (secondary N) is 1. The van der Waals surface area contributed by atoms with Crippen molar-refractivity contribution in [2.45, 2.75) is 19.1 Å². The standard InChI is InChI=1S/C10H19N3O4/c1-7-6-12(2)3-4-13(7)10(17)11-5-8(14)9(15)16/h7-8,14H,3-6H2,1-2H3,(H,11,17)(H,15,16). The van der Waals surface area contributed by atoms with Crippen molar-refractivity contribution in [2.75, 3.05) is 33.2 Å². The topological polar surface area (TPSA) is 93.1 Å². The van der Waals surface area contributed by atoms with Crippen molar-refractivity contribution in [3.8, 4) is 0 Å². The lowest BCUT2D eigenvalue weighted by Gasteiger charge is -2.38. The molecule has 2 atom stereocenters. The smallest absolute Gasteiger partial charge is 0.334 e.